The summed E-state index contributed by atoms with van der Waals surface area (Å²) in [6.07, 6.45) is 0. The van der Waals surface area contributed by atoms with Gasteiger partial charge in [-0.15, -0.1) is 9.24 Å². The van der Waals surface area contributed by atoms with Gasteiger partial charge in [-0.2, -0.15) is 0 Å². The minimum absolute atomic E-state index is 0.333. The van der Waals surface area contributed by atoms with E-state index in [1.165, 1.54) is 0 Å². The van der Waals surface area contributed by atoms with Crippen LogP contribution in [0.25, 0.3) is 0 Å². The molecule has 4 heavy (non-hydrogen) atoms. The summed E-state index contributed by atoms with van der Waals surface area (Å²) >= 11 is 0. The van der Waals surface area contributed by atoms with Crippen LogP contribution in [-0.2, 0) is 0 Å². The predicted molar refractivity (Wildman–Crippen MR) is 24.8 cm³/mol. The molecule has 0 aliphatic heterocycles. The predicted octanol–water partition coefficient (Wildman–Crippen LogP) is 1.27. The van der Waals surface area contributed by atoms with Gasteiger partial charge in [0.15, 0.2) is 0 Å². The molecule has 0 N–H and O–H groups in total. The summed E-state index contributed by atoms with van der Waals surface area (Å²) in [6, 6.07) is 0. The highest BCUT2D eigenvalue weighted by atomic mass is 31.0. The lowest BCUT2D eigenvalue weighted by atomic mass is 10.6. The van der Waals surface area contributed by atoms with Crippen molar-refractivity contribution in [2.45, 2.75) is 19.5 Å². The lowest BCUT2D eigenvalue weighted by Gasteiger charge is -1.79. The Hall–Kier alpha value is 0.430. The minimum atomic E-state index is -0.333. The smallest absolute Gasteiger partial charge is 0.0341 e. The molecule has 1 atom stereocenters. The third-order valence-electron chi connectivity index (χ3n) is 0. The molecule has 0 rings (SSSR count). The Morgan fingerprint density at radius 3 is 2.00 bits per heavy atom. The van der Waals surface area contributed by atoms with E-state index in [2.05, 4.69) is 9.24 Å². The van der Waals surface area contributed by atoms with Gasteiger partial charge in [0, 0.05) is 1.37 Å². The monoisotopic (exact) mass is 77.1 g/mol. The summed E-state index contributed by atoms with van der Waals surface area (Å²) in [5.41, 5.74) is -0.333. The van der Waals surface area contributed by atoms with Crippen LogP contribution in [0.4, 0.5) is 0 Å². The maximum atomic E-state index is 6.90. The Morgan fingerprint density at radius 2 is 2.00 bits per heavy atom. The molecule has 0 aliphatic carbocycles. The Labute approximate surface area is 31.2 Å². The molecule has 0 saturated carbocycles. The first-order chi connectivity index (χ1) is 2.00. The van der Waals surface area contributed by atoms with Crippen LogP contribution in [0.1, 0.15) is 15.2 Å². The van der Waals surface area contributed by atoms with E-state index < -0.39 is 0 Å². The average molecular weight is 77.1 g/mol. The number of hydrogen-bond acceptors (Lipinski definition) is 0. The second-order valence-corrected chi connectivity index (χ2v) is 2.23. The molecule has 0 aromatic carbocycles. The first kappa shape index (κ1) is 2.66. The van der Waals surface area contributed by atoms with Crippen molar-refractivity contribution in [3.05, 3.63) is 0 Å². The van der Waals surface area contributed by atoms with Crippen LogP contribution in [0, 0.1) is 0 Å². The van der Waals surface area contributed by atoms with Crippen molar-refractivity contribution in [3.8, 4) is 0 Å². The largest absolute Gasteiger partial charge is 0.135 e. The molecule has 0 bridgehead atoms. The topological polar surface area (TPSA) is 0 Å². The Morgan fingerprint density at radius 1 is 2.00 bits per heavy atom. The molecule has 0 amide bonds. The van der Waals surface area contributed by atoms with E-state index in [0.29, 0.717) is 0 Å². The van der Waals surface area contributed by atoms with Gasteiger partial charge in [0.25, 0.3) is 0 Å². The van der Waals surface area contributed by atoms with Crippen molar-refractivity contribution in [2.75, 3.05) is 0 Å². The Bertz CT molecular complexity index is 22.4. The SMILES string of the molecule is [2H]C(C)(C)P. The highest BCUT2D eigenvalue weighted by molar-refractivity contribution is 7.17. The molecular formula is C3H9P. The van der Waals surface area contributed by atoms with E-state index in [1.54, 1.807) is 0 Å². The molecule has 0 fully saturated rings. The van der Waals surface area contributed by atoms with Crippen LogP contribution >= 0.6 is 9.24 Å². The molecule has 0 radical (unpaired) electrons. The van der Waals surface area contributed by atoms with Gasteiger partial charge in [-0.3, -0.25) is 0 Å². The second kappa shape index (κ2) is 1.72. The molecule has 0 nitrogen and oxygen atoms in total. The molecule has 0 spiro atoms. The second-order valence-electron chi connectivity index (χ2n) is 1.08. The minimum Gasteiger partial charge on any atom is -0.135 e. The van der Waals surface area contributed by atoms with Gasteiger partial charge in [0.05, 0.1) is 0 Å². The Kier molecular flexibility index (Phi) is 1.14. The number of rotatable bonds is 0. The van der Waals surface area contributed by atoms with Gasteiger partial charge >= 0.3 is 0 Å². The van der Waals surface area contributed by atoms with Crippen molar-refractivity contribution < 1.29 is 1.37 Å². The standard InChI is InChI=1S/C3H9P/c1-3(2)4/h3H,4H2,1-2H3/i3D. The zero-order valence-corrected chi connectivity index (χ0v) is 4.23. The van der Waals surface area contributed by atoms with Gasteiger partial charge in [0.1, 0.15) is 0 Å². The van der Waals surface area contributed by atoms with E-state index in [-0.39, 0.29) is 5.64 Å². The van der Waals surface area contributed by atoms with Crippen molar-refractivity contribution in [2.24, 2.45) is 0 Å². The molecule has 1 unspecified atom stereocenters. The molecule has 0 saturated heterocycles. The summed E-state index contributed by atoms with van der Waals surface area (Å²) in [4.78, 5) is 0. The van der Waals surface area contributed by atoms with Crippen LogP contribution < -0.4 is 0 Å². The van der Waals surface area contributed by atoms with Crippen molar-refractivity contribution >= 4 is 9.24 Å². The zero-order chi connectivity index (χ0) is 4.50. The summed E-state index contributed by atoms with van der Waals surface area (Å²) in [6.45, 7) is 3.63. The zero-order valence-electron chi connectivity index (χ0n) is 4.08. The third-order valence-corrected chi connectivity index (χ3v) is 0. The third kappa shape index (κ3) is 26.9. The van der Waals surface area contributed by atoms with Crippen LogP contribution in [0.3, 0.4) is 0 Å². The van der Waals surface area contributed by atoms with E-state index in [4.69, 9.17) is 1.37 Å². The lowest BCUT2D eigenvalue weighted by molar-refractivity contribution is 1.12. The fourth-order valence-corrected chi connectivity index (χ4v) is 0. The maximum Gasteiger partial charge on any atom is 0.0341 e. The summed E-state index contributed by atoms with van der Waals surface area (Å²) in [7, 11) is 2.38. The van der Waals surface area contributed by atoms with Crippen molar-refractivity contribution in [1.29, 1.82) is 0 Å². The van der Waals surface area contributed by atoms with Crippen LogP contribution in [0.5, 0.6) is 0 Å². The van der Waals surface area contributed by atoms with Crippen LogP contribution in [0.15, 0.2) is 0 Å². The maximum absolute atomic E-state index is 6.90. The summed E-state index contributed by atoms with van der Waals surface area (Å²) < 4.78 is 6.90. The molecule has 0 aromatic rings. The summed E-state index contributed by atoms with van der Waals surface area (Å²) in [5, 5.41) is 0. The van der Waals surface area contributed by atoms with E-state index in [1.807, 2.05) is 13.8 Å². The van der Waals surface area contributed by atoms with Crippen molar-refractivity contribution in [3.63, 3.8) is 0 Å². The van der Waals surface area contributed by atoms with Gasteiger partial charge in [-0.05, 0) is 5.64 Å². The normalized spacial score (nSPS) is 15.2. The van der Waals surface area contributed by atoms with Gasteiger partial charge < -0.3 is 0 Å². The fourth-order valence-electron chi connectivity index (χ4n) is 0. The highest BCUT2D eigenvalue weighted by Crippen LogP contribution is 1.90. The van der Waals surface area contributed by atoms with Gasteiger partial charge in [-0.25, -0.2) is 0 Å². The van der Waals surface area contributed by atoms with Crippen molar-refractivity contribution in [1.82, 2.24) is 0 Å². The quantitative estimate of drug-likeness (QED) is 0.382. The van der Waals surface area contributed by atoms with E-state index in [9.17, 15) is 0 Å². The average Bonchev–Trinajstić information content (AvgIpc) is 0.722. The number of hydrogen-bond donors (Lipinski definition) is 0. The van der Waals surface area contributed by atoms with Gasteiger partial charge in [0.2, 0.25) is 0 Å². The Balaban J connectivity index is 3.02. The van der Waals surface area contributed by atoms with Crippen LogP contribution in [0.2, 0.25) is 0 Å². The first-order valence-electron chi connectivity index (χ1n) is 1.79. The lowest BCUT2D eigenvalue weighted by Crippen LogP contribution is -1.69. The molecular weight excluding hydrogens is 67.0 g/mol. The molecule has 0 heterocycles. The van der Waals surface area contributed by atoms with E-state index in [0.717, 1.165) is 0 Å². The fraction of sp³-hybridized carbons (Fsp3) is 1.00. The molecule has 26 valence electrons. The van der Waals surface area contributed by atoms with Crippen LogP contribution in [-0.4, -0.2) is 5.64 Å². The highest BCUT2D eigenvalue weighted by Gasteiger charge is 1.68. The van der Waals surface area contributed by atoms with E-state index >= 15 is 0 Å². The molecule has 0 aromatic heterocycles. The van der Waals surface area contributed by atoms with Gasteiger partial charge in [-0.1, -0.05) is 13.8 Å². The summed E-state index contributed by atoms with van der Waals surface area (Å²) in [5.74, 6) is 0. The molecule has 0 aliphatic rings. The first-order valence-corrected chi connectivity index (χ1v) is 1.87. The molecule has 1 heteroatoms.